The Labute approximate surface area is 179 Å². The highest BCUT2D eigenvalue weighted by atomic mass is 35.7. The summed E-state index contributed by atoms with van der Waals surface area (Å²) in [6.45, 7) is 8.71. The topological polar surface area (TPSA) is 109 Å². The molecule has 0 radical (unpaired) electrons. The minimum Gasteiger partial charge on any atom is -0.281 e. The summed E-state index contributed by atoms with van der Waals surface area (Å²) in [5, 5.41) is 0.545. The number of hydrogen-bond donors (Lipinski definition) is 0. The van der Waals surface area contributed by atoms with Gasteiger partial charge in [-0.05, 0) is 33.9 Å². The second kappa shape index (κ2) is 12.8. The average molecular weight is 483 g/mol. The van der Waals surface area contributed by atoms with Crippen LogP contribution in [0.4, 0.5) is 0 Å². The highest BCUT2D eigenvalue weighted by molar-refractivity contribution is 8.17. The van der Waals surface area contributed by atoms with Crippen molar-refractivity contribution in [2.45, 2.75) is 37.7 Å². The molecule has 1 unspecified atom stereocenters. The lowest BCUT2D eigenvalue weighted by atomic mass is 10.2. The van der Waals surface area contributed by atoms with Crippen molar-refractivity contribution < 1.29 is 33.7 Å². The number of carbonyl (C=O) groups is 1. The predicted octanol–water partition coefficient (Wildman–Crippen LogP) is -0.0201. The summed E-state index contributed by atoms with van der Waals surface area (Å²) >= 11 is 7.41. The lowest BCUT2D eigenvalue weighted by Crippen LogP contribution is -2.68. The summed E-state index contributed by atoms with van der Waals surface area (Å²) in [5.74, 6) is 4.14. The quantitative estimate of drug-likeness (QED) is 0.396. The Morgan fingerprint density at radius 3 is 1.65 bits per heavy atom. The Bertz CT molecular complexity index is 460. The molecule has 0 amide bonds. The SMILES string of the molecule is CCSC(=O)C([S+](C)C)C1(SCC)C(SCC)=C1SCC.[O-][Cl+3]([O-])([O-])[O-]. The molecule has 1 aliphatic rings. The second-order valence-electron chi connectivity index (χ2n) is 5.08. The molecule has 0 saturated heterocycles. The number of thioether (sulfide) groups is 4. The van der Waals surface area contributed by atoms with E-state index in [1.54, 1.807) is 0 Å². The van der Waals surface area contributed by atoms with E-state index in [9.17, 15) is 4.79 Å². The zero-order valence-corrected chi connectivity index (χ0v) is 20.7. The van der Waals surface area contributed by atoms with Crippen molar-refractivity contribution in [3.05, 3.63) is 9.81 Å². The summed E-state index contributed by atoms with van der Waals surface area (Å²) in [5.41, 5.74) is 0. The Balaban J connectivity index is 0.00000110. The van der Waals surface area contributed by atoms with Crippen molar-refractivity contribution in [3.8, 4) is 0 Å². The largest absolute Gasteiger partial charge is 0.281 e. The highest BCUT2D eigenvalue weighted by Gasteiger charge is 2.66. The van der Waals surface area contributed by atoms with Crippen LogP contribution in [0.5, 0.6) is 0 Å². The number of rotatable bonds is 10. The van der Waals surface area contributed by atoms with Crippen LogP contribution in [0.15, 0.2) is 9.81 Å². The highest BCUT2D eigenvalue weighted by Crippen LogP contribution is 2.67. The molecule has 1 aliphatic carbocycles. The van der Waals surface area contributed by atoms with Crippen LogP contribution in [-0.2, 0) is 15.7 Å². The summed E-state index contributed by atoms with van der Waals surface area (Å²) in [7, 11) is -4.85. The van der Waals surface area contributed by atoms with Crippen molar-refractivity contribution >= 4 is 63.1 Å². The first-order valence-corrected chi connectivity index (χ1v) is 15.3. The maximum Gasteiger partial charge on any atom is 0.243 e. The molecule has 5 nitrogen and oxygen atoms in total. The van der Waals surface area contributed by atoms with Crippen molar-refractivity contribution in [3.63, 3.8) is 0 Å². The molecule has 0 N–H and O–H groups in total. The molecule has 0 spiro atoms. The van der Waals surface area contributed by atoms with Gasteiger partial charge in [-0.15, -0.1) is 45.5 Å². The predicted molar refractivity (Wildman–Crippen MR) is 110 cm³/mol. The molecule has 0 aromatic rings. The molecule has 1 rings (SSSR count). The van der Waals surface area contributed by atoms with Crippen LogP contribution in [0.1, 0.15) is 27.7 Å². The molecule has 0 aromatic heterocycles. The average Bonchev–Trinajstić information content (AvgIpc) is 3.04. The number of hydrogen-bond acceptors (Lipinski definition) is 9. The van der Waals surface area contributed by atoms with E-state index in [4.69, 9.17) is 18.6 Å². The van der Waals surface area contributed by atoms with Gasteiger partial charge in [0.15, 0.2) is 0 Å². The molecule has 0 aliphatic heterocycles. The van der Waals surface area contributed by atoms with E-state index in [1.807, 2.05) is 35.3 Å². The first-order valence-electron chi connectivity index (χ1n) is 8.00. The van der Waals surface area contributed by atoms with Gasteiger partial charge >= 0.3 is 0 Å². The molecule has 11 heteroatoms. The molecule has 0 saturated carbocycles. The van der Waals surface area contributed by atoms with Crippen LogP contribution >= 0.6 is 47.0 Å². The van der Waals surface area contributed by atoms with Crippen molar-refractivity contribution in [2.75, 3.05) is 35.5 Å². The Kier molecular flexibility index (Phi) is 13.4. The van der Waals surface area contributed by atoms with E-state index in [-0.39, 0.29) is 20.9 Å². The lowest BCUT2D eigenvalue weighted by Gasteiger charge is -2.25. The summed E-state index contributed by atoms with van der Waals surface area (Å²) in [4.78, 5) is 15.8. The second-order valence-corrected chi connectivity index (χ2v) is 13.4. The summed E-state index contributed by atoms with van der Waals surface area (Å²) in [6, 6.07) is 0. The van der Waals surface area contributed by atoms with Gasteiger partial charge in [0, 0.05) is 9.81 Å². The third-order valence-electron chi connectivity index (χ3n) is 3.11. The molecule has 0 heterocycles. The van der Waals surface area contributed by atoms with Gasteiger partial charge in [0.2, 0.25) is 10.4 Å². The molecular weight excluding hydrogens is 456 g/mol. The summed E-state index contributed by atoms with van der Waals surface area (Å²) in [6.07, 6.45) is 4.47. The number of carbonyl (C=O) groups excluding carboxylic acids is 1. The van der Waals surface area contributed by atoms with Gasteiger partial charge in [-0.3, -0.25) is 4.79 Å². The molecule has 1 atom stereocenters. The molecule has 0 bridgehead atoms. The monoisotopic (exact) mass is 482 g/mol. The molecule has 154 valence electrons. The Morgan fingerprint density at radius 1 is 0.962 bits per heavy atom. The number of halogens is 1. The van der Waals surface area contributed by atoms with Crippen LogP contribution in [0.3, 0.4) is 0 Å². The lowest BCUT2D eigenvalue weighted by molar-refractivity contribution is -2.00. The fourth-order valence-corrected chi connectivity index (χ4v) is 10.4. The minimum atomic E-state index is -4.94. The molecule has 0 aromatic carbocycles. The maximum absolute atomic E-state index is 12.8. The molecular formula is C15H27ClO5S5. The van der Waals surface area contributed by atoms with Gasteiger partial charge in [-0.25, -0.2) is 18.6 Å². The zero-order valence-electron chi connectivity index (χ0n) is 15.9. The first-order chi connectivity index (χ1) is 12.0. The van der Waals surface area contributed by atoms with Crippen molar-refractivity contribution in [2.24, 2.45) is 0 Å². The van der Waals surface area contributed by atoms with Crippen molar-refractivity contribution in [1.82, 2.24) is 0 Å². The van der Waals surface area contributed by atoms with Crippen LogP contribution in [0.2, 0.25) is 0 Å². The van der Waals surface area contributed by atoms with Crippen LogP contribution in [0, 0.1) is 10.2 Å². The van der Waals surface area contributed by atoms with Gasteiger partial charge in [0.25, 0.3) is 0 Å². The van der Waals surface area contributed by atoms with Crippen LogP contribution in [0.25, 0.3) is 0 Å². The van der Waals surface area contributed by atoms with Crippen molar-refractivity contribution in [1.29, 1.82) is 0 Å². The summed E-state index contributed by atoms with van der Waals surface area (Å²) < 4.78 is 34.0. The Hall–Kier alpha value is 1.29. The van der Waals surface area contributed by atoms with Gasteiger partial charge in [-0.2, -0.15) is 0 Å². The van der Waals surface area contributed by atoms with E-state index in [0.29, 0.717) is 5.12 Å². The fourth-order valence-electron chi connectivity index (χ4n) is 2.45. The third-order valence-corrected chi connectivity index (χ3v) is 9.71. The van der Waals surface area contributed by atoms with Gasteiger partial charge in [0.05, 0.1) is 12.5 Å². The van der Waals surface area contributed by atoms with E-state index >= 15 is 0 Å². The fraction of sp³-hybridized carbons (Fsp3) is 0.800. The Morgan fingerprint density at radius 2 is 1.38 bits per heavy atom. The minimum absolute atomic E-state index is 0.0158. The van der Waals surface area contributed by atoms with Gasteiger partial charge in [0.1, 0.15) is 4.75 Å². The van der Waals surface area contributed by atoms with E-state index in [1.165, 1.54) is 21.6 Å². The van der Waals surface area contributed by atoms with Gasteiger partial charge in [-0.1, -0.05) is 39.5 Å². The van der Waals surface area contributed by atoms with E-state index in [0.717, 1.165) is 23.0 Å². The van der Waals surface area contributed by atoms with E-state index in [2.05, 4.69) is 40.2 Å². The van der Waals surface area contributed by atoms with Crippen LogP contribution < -0.4 is 18.6 Å². The smallest absolute Gasteiger partial charge is 0.243 e. The molecule has 0 fully saturated rings. The van der Waals surface area contributed by atoms with Crippen LogP contribution in [-0.4, -0.2) is 50.6 Å². The normalized spacial score (nSPS) is 17.0. The first kappa shape index (κ1) is 27.3. The zero-order chi connectivity index (χ0) is 20.5. The van der Waals surface area contributed by atoms with Gasteiger partial charge < -0.3 is 0 Å². The standard InChI is InChI=1S/C15H27OS5.ClHO4/c1-7-17-11-12(18-8-2)15(11,20-10-4)13(21(5)6)14(16)19-9-3;2-1(3,4)5/h13H,7-10H2,1-6H3;(H,2,3,4,5)/q+1;/p-1. The third kappa shape index (κ3) is 8.34. The van der Waals surface area contributed by atoms with E-state index < -0.39 is 10.2 Å². The maximum atomic E-state index is 12.8. The molecule has 26 heavy (non-hydrogen) atoms.